The fourth-order valence-electron chi connectivity index (χ4n) is 4.98. The van der Waals surface area contributed by atoms with Crippen molar-refractivity contribution in [2.75, 3.05) is 0 Å². The van der Waals surface area contributed by atoms with Crippen molar-refractivity contribution in [3.05, 3.63) is 97.1 Å². The first-order valence-electron chi connectivity index (χ1n) is 13.5. The van der Waals surface area contributed by atoms with Crippen LogP contribution in [0.3, 0.4) is 0 Å². The molecule has 0 aliphatic carbocycles. The van der Waals surface area contributed by atoms with Crippen LogP contribution in [-0.2, 0) is 9.31 Å². The fourth-order valence-corrected chi connectivity index (χ4v) is 4.98. The first-order chi connectivity index (χ1) is 19.3. The minimum Gasteiger partial charge on any atom is -0.456 e. The molecule has 7 rings (SSSR count). The summed E-state index contributed by atoms with van der Waals surface area (Å²) in [5.41, 5.74) is 4.56. The summed E-state index contributed by atoms with van der Waals surface area (Å²) < 4.78 is 18.5. The molecule has 1 aliphatic heterocycles. The Labute approximate surface area is 233 Å². The molecule has 7 heteroatoms. The topological polar surface area (TPSA) is 70.3 Å². The average Bonchev–Trinajstić information content (AvgIpc) is 3.45. The van der Waals surface area contributed by atoms with Crippen LogP contribution in [0.5, 0.6) is 0 Å². The van der Waals surface area contributed by atoms with Gasteiger partial charge in [0.15, 0.2) is 17.5 Å². The van der Waals surface area contributed by atoms with Gasteiger partial charge in [0.1, 0.15) is 11.2 Å². The first kappa shape index (κ1) is 24.7. The number of nitrogens with zero attached hydrogens (tertiary/aromatic N) is 3. The molecule has 2 aromatic heterocycles. The summed E-state index contributed by atoms with van der Waals surface area (Å²) in [6.07, 6.45) is 0. The molecule has 196 valence electrons. The predicted molar refractivity (Wildman–Crippen MR) is 159 cm³/mol. The highest BCUT2D eigenvalue weighted by atomic mass is 16.7. The lowest BCUT2D eigenvalue weighted by atomic mass is 9.79. The molecule has 0 amide bonds. The van der Waals surface area contributed by atoms with E-state index < -0.39 is 18.3 Å². The summed E-state index contributed by atoms with van der Waals surface area (Å²) in [5.74, 6) is 1.82. The second-order valence-electron chi connectivity index (χ2n) is 11.2. The van der Waals surface area contributed by atoms with E-state index in [1.807, 2.05) is 84.9 Å². The van der Waals surface area contributed by atoms with Crippen LogP contribution in [0.2, 0.25) is 0 Å². The molecule has 1 aliphatic rings. The maximum absolute atomic E-state index is 6.24. The number of furan rings is 1. The summed E-state index contributed by atoms with van der Waals surface area (Å²) in [7, 11) is -0.427. The molecular formula is C33H28BN3O3. The lowest BCUT2D eigenvalue weighted by molar-refractivity contribution is 0.00578. The van der Waals surface area contributed by atoms with Gasteiger partial charge in [0.25, 0.3) is 0 Å². The van der Waals surface area contributed by atoms with E-state index in [0.29, 0.717) is 17.5 Å². The minimum atomic E-state index is -0.427. The summed E-state index contributed by atoms with van der Waals surface area (Å²) >= 11 is 0. The highest BCUT2D eigenvalue weighted by Crippen LogP contribution is 2.37. The van der Waals surface area contributed by atoms with Gasteiger partial charge in [-0.25, -0.2) is 15.0 Å². The van der Waals surface area contributed by atoms with Gasteiger partial charge in [-0.05, 0) is 57.4 Å². The molecule has 1 fully saturated rings. The Bertz CT molecular complexity index is 1850. The molecule has 0 radical (unpaired) electrons. The number of hydrogen-bond donors (Lipinski definition) is 0. The molecule has 0 bridgehead atoms. The SMILES string of the molecule is CC1(C)OB(c2ccc(-c3nc(-c4ccccc4)nc(-c4ccc5oc6ccccc6c5c4)n3)cc2)OC1(C)C. The zero-order valence-electron chi connectivity index (χ0n) is 22.9. The van der Waals surface area contributed by atoms with Crippen LogP contribution in [0.1, 0.15) is 27.7 Å². The second kappa shape index (κ2) is 9.12. The van der Waals surface area contributed by atoms with Gasteiger partial charge in [-0.15, -0.1) is 0 Å². The molecule has 0 N–H and O–H groups in total. The molecule has 0 spiro atoms. The van der Waals surface area contributed by atoms with E-state index >= 15 is 0 Å². The van der Waals surface area contributed by atoms with Crippen molar-refractivity contribution in [3.8, 4) is 34.2 Å². The predicted octanol–water partition coefficient (Wildman–Crippen LogP) is 7.07. The molecule has 4 aromatic carbocycles. The zero-order valence-corrected chi connectivity index (χ0v) is 22.9. The van der Waals surface area contributed by atoms with Gasteiger partial charge < -0.3 is 13.7 Å². The van der Waals surface area contributed by atoms with E-state index in [1.165, 1.54) is 0 Å². The van der Waals surface area contributed by atoms with Gasteiger partial charge in [0, 0.05) is 27.5 Å². The van der Waals surface area contributed by atoms with Gasteiger partial charge >= 0.3 is 7.12 Å². The lowest BCUT2D eigenvalue weighted by Gasteiger charge is -2.32. The summed E-state index contributed by atoms with van der Waals surface area (Å²) in [6, 6.07) is 32.2. The number of fused-ring (bicyclic) bond motifs is 3. The molecule has 6 nitrogen and oxygen atoms in total. The van der Waals surface area contributed by atoms with Crippen LogP contribution in [0, 0.1) is 0 Å². The number of hydrogen-bond acceptors (Lipinski definition) is 6. The molecule has 40 heavy (non-hydrogen) atoms. The Kier molecular flexibility index (Phi) is 5.63. The maximum Gasteiger partial charge on any atom is 0.494 e. The third-order valence-electron chi connectivity index (χ3n) is 8.00. The lowest BCUT2D eigenvalue weighted by Crippen LogP contribution is -2.41. The van der Waals surface area contributed by atoms with Crippen LogP contribution < -0.4 is 5.46 Å². The van der Waals surface area contributed by atoms with E-state index in [0.717, 1.165) is 44.1 Å². The van der Waals surface area contributed by atoms with Gasteiger partial charge in [-0.3, -0.25) is 0 Å². The second-order valence-corrected chi connectivity index (χ2v) is 11.2. The van der Waals surface area contributed by atoms with E-state index in [2.05, 4.69) is 39.8 Å². The Morgan fingerprint density at radius 1 is 0.525 bits per heavy atom. The fraction of sp³-hybridized carbons (Fsp3) is 0.182. The highest BCUT2D eigenvalue weighted by molar-refractivity contribution is 6.62. The Hall–Kier alpha value is -4.33. The van der Waals surface area contributed by atoms with Crippen molar-refractivity contribution >= 4 is 34.5 Å². The molecule has 0 atom stereocenters. The van der Waals surface area contributed by atoms with Crippen LogP contribution in [0.4, 0.5) is 0 Å². The monoisotopic (exact) mass is 525 g/mol. The van der Waals surface area contributed by atoms with Gasteiger partial charge in [-0.2, -0.15) is 0 Å². The van der Waals surface area contributed by atoms with E-state index in [9.17, 15) is 0 Å². The normalized spacial score (nSPS) is 16.1. The number of rotatable bonds is 4. The molecule has 6 aromatic rings. The number of aromatic nitrogens is 3. The summed E-state index contributed by atoms with van der Waals surface area (Å²) in [6.45, 7) is 8.23. The summed E-state index contributed by atoms with van der Waals surface area (Å²) in [4.78, 5) is 14.7. The smallest absolute Gasteiger partial charge is 0.456 e. The van der Waals surface area contributed by atoms with E-state index in [-0.39, 0.29) is 0 Å². The summed E-state index contributed by atoms with van der Waals surface area (Å²) in [5, 5.41) is 2.10. The molecular weight excluding hydrogens is 497 g/mol. The largest absolute Gasteiger partial charge is 0.494 e. The van der Waals surface area contributed by atoms with Crippen LogP contribution in [0.25, 0.3) is 56.1 Å². The Balaban J connectivity index is 1.31. The van der Waals surface area contributed by atoms with Crippen molar-refractivity contribution < 1.29 is 13.7 Å². The molecule has 0 saturated carbocycles. The number of benzene rings is 4. The minimum absolute atomic E-state index is 0.397. The van der Waals surface area contributed by atoms with Crippen molar-refractivity contribution in [2.45, 2.75) is 38.9 Å². The zero-order chi connectivity index (χ0) is 27.5. The van der Waals surface area contributed by atoms with Gasteiger partial charge in [0.05, 0.1) is 11.2 Å². The number of para-hydroxylation sites is 1. The van der Waals surface area contributed by atoms with E-state index in [1.54, 1.807) is 0 Å². The first-order valence-corrected chi connectivity index (χ1v) is 13.5. The van der Waals surface area contributed by atoms with Crippen LogP contribution in [-0.4, -0.2) is 33.3 Å². The Morgan fingerprint density at radius 3 is 1.73 bits per heavy atom. The van der Waals surface area contributed by atoms with Crippen molar-refractivity contribution in [1.29, 1.82) is 0 Å². The maximum atomic E-state index is 6.24. The Morgan fingerprint density at radius 2 is 1.05 bits per heavy atom. The van der Waals surface area contributed by atoms with Crippen molar-refractivity contribution in [1.82, 2.24) is 15.0 Å². The molecule has 3 heterocycles. The van der Waals surface area contributed by atoms with Gasteiger partial charge in [-0.1, -0.05) is 72.8 Å². The third-order valence-corrected chi connectivity index (χ3v) is 8.00. The van der Waals surface area contributed by atoms with Crippen LogP contribution >= 0.6 is 0 Å². The quantitative estimate of drug-likeness (QED) is 0.229. The average molecular weight is 525 g/mol. The van der Waals surface area contributed by atoms with Crippen molar-refractivity contribution in [2.24, 2.45) is 0 Å². The highest BCUT2D eigenvalue weighted by Gasteiger charge is 2.51. The molecule has 0 unspecified atom stereocenters. The third kappa shape index (κ3) is 4.19. The van der Waals surface area contributed by atoms with E-state index in [4.69, 9.17) is 28.7 Å². The molecule has 1 saturated heterocycles. The van der Waals surface area contributed by atoms with Crippen LogP contribution in [0.15, 0.2) is 101 Å². The standard InChI is InChI=1S/C33H28BN3O3/c1-32(2)33(3,4)40-34(39-32)24-17-14-22(15-18-24)30-35-29(21-10-6-5-7-11-21)36-31(37-30)23-16-19-28-26(20-23)25-12-8-9-13-27(25)38-28/h5-20H,1-4H3. The van der Waals surface area contributed by atoms with Crippen molar-refractivity contribution in [3.63, 3.8) is 0 Å². The van der Waals surface area contributed by atoms with Gasteiger partial charge in [0.2, 0.25) is 0 Å².